The molecule has 0 saturated heterocycles. The summed E-state index contributed by atoms with van der Waals surface area (Å²) in [6.07, 6.45) is 3.92. The summed E-state index contributed by atoms with van der Waals surface area (Å²) in [5, 5.41) is 8.78. The zero-order valence-electron chi connectivity index (χ0n) is 24.1. The van der Waals surface area contributed by atoms with E-state index < -0.39 is 36.5 Å². The number of benzene rings is 1. The van der Waals surface area contributed by atoms with Crippen LogP contribution in [0.25, 0.3) is 0 Å². The van der Waals surface area contributed by atoms with Crippen LogP contribution in [0.15, 0.2) is 36.5 Å². The molecule has 1 aliphatic heterocycles. The van der Waals surface area contributed by atoms with E-state index in [-0.39, 0.29) is 43.2 Å². The molecule has 5 atom stereocenters. The zero-order chi connectivity index (χ0) is 29.5. The van der Waals surface area contributed by atoms with Crippen molar-refractivity contribution in [2.24, 2.45) is 11.8 Å². The number of nitrogens with zero attached hydrogens (tertiary/aromatic N) is 1. The van der Waals surface area contributed by atoms with Crippen molar-refractivity contribution in [3.8, 4) is 0 Å². The molecule has 0 spiro atoms. The van der Waals surface area contributed by atoms with Gasteiger partial charge in [-0.25, -0.2) is 4.39 Å². The molecule has 222 valence electrons. The summed E-state index contributed by atoms with van der Waals surface area (Å²) in [7, 11) is 0. The van der Waals surface area contributed by atoms with Gasteiger partial charge < -0.3 is 25.3 Å². The standard InChI is InChI=1S/C31H41FN4O5/c1-4-20(3)28(35-26(38)18-41-14-12-32)31(40)34-24-10-9-22-11-13-36-17-23(15-25(37)27(24)29(22)36)30(39)33-16-21-7-5-19(2)6-8-21/h5-8,11,13,20,23-24,27-28H,4,9-10,12,14-18H2,1-3H3,(H,33,39)(H,34,40)(H,35,38)/t20?,23-,24-,27?,28?/m0/s1. The molecular weight excluding hydrogens is 527 g/mol. The van der Waals surface area contributed by atoms with Crippen molar-refractivity contribution in [1.29, 1.82) is 0 Å². The zero-order valence-corrected chi connectivity index (χ0v) is 24.1. The summed E-state index contributed by atoms with van der Waals surface area (Å²) in [6, 6.07) is 8.66. The first-order chi connectivity index (χ1) is 19.7. The molecule has 3 N–H and O–H groups in total. The second-order valence-corrected chi connectivity index (χ2v) is 11.3. The first-order valence-corrected chi connectivity index (χ1v) is 14.5. The number of hydrogen-bond donors (Lipinski definition) is 3. The second-order valence-electron chi connectivity index (χ2n) is 11.3. The highest BCUT2D eigenvalue weighted by Crippen LogP contribution is 2.38. The van der Waals surface area contributed by atoms with Gasteiger partial charge in [-0.2, -0.15) is 0 Å². The van der Waals surface area contributed by atoms with Crippen LogP contribution >= 0.6 is 0 Å². The van der Waals surface area contributed by atoms with Crippen LogP contribution in [0.3, 0.4) is 0 Å². The lowest BCUT2D eigenvalue weighted by atomic mass is 9.79. The number of rotatable bonds is 12. The molecule has 3 amide bonds. The number of halogens is 1. The third kappa shape index (κ3) is 7.41. The van der Waals surface area contributed by atoms with Crippen molar-refractivity contribution in [1.82, 2.24) is 20.5 Å². The number of amides is 3. The number of carbonyl (C=O) groups excluding carboxylic acids is 4. The minimum atomic E-state index is -0.823. The van der Waals surface area contributed by atoms with Crippen LogP contribution in [0.4, 0.5) is 4.39 Å². The molecule has 4 rings (SSSR count). The summed E-state index contributed by atoms with van der Waals surface area (Å²) in [6.45, 7) is 5.36. The van der Waals surface area contributed by atoms with E-state index in [1.165, 1.54) is 0 Å². The van der Waals surface area contributed by atoms with Crippen LogP contribution in [0, 0.1) is 18.8 Å². The highest BCUT2D eigenvalue weighted by molar-refractivity contribution is 5.93. The minimum absolute atomic E-state index is 0.0760. The quantitative estimate of drug-likeness (QED) is 0.341. The average molecular weight is 569 g/mol. The topological polar surface area (TPSA) is 119 Å². The first-order valence-electron chi connectivity index (χ1n) is 14.5. The van der Waals surface area contributed by atoms with E-state index in [2.05, 4.69) is 16.0 Å². The highest BCUT2D eigenvalue weighted by Gasteiger charge is 2.43. The monoisotopic (exact) mass is 568 g/mol. The van der Waals surface area contributed by atoms with Gasteiger partial charge in [-0.1, -0.05) is 50.1 Å². The van der Waals surface area contributed by atoms with Gasteiger partial charge in [0, 0.05) is 37.4 Å². The fraction of sp³-hybridized carbons (Fsp3) is 0.548. The van der Waals surface area contributed by atoms with Gasteiger partial charge in [0.05, 0.1) is 18.4 Å². The van der Waals surface area contributed by atoms with E-state index in [1.54, 1.807) is 0 Å². The fourth-order valence-electron chi connectivity index (χ4n) is 5.78. The van der Waals surface area contributed by atoms with E-state index in [0.29, 0.717) is 32.4 Å². The molecule has 1 aromatic heterocycles. The van der Waals surface area contributed by atoms with E-state index in [1.807, 2.05) is 61.9 Å². The van der Waals surface area contributed by atoms with E-state index >= 15 is 0 Å². The van der Waals surface area contributed by atoms with Crippen molar-refractivity contribution in [3.05, 3.63) is 58.9 Å². The van der Waals surface area contributed by atoms with Gasteiger partial charge in [0.25, 0.3) is 0 Å². The van der Waals surface area contributed by atoms with Gasteiger partial charge in [0.2, 0.25) is 17.7 Å². The molecule has 0 fully saturated rings. The number of aromatic nitrogens is 1. The third-order valence-corrected chi connectivity index (χ3v) is 8.28. The predicted octanol–water partition coefficient (Wildman–Crippen LogP) is 2.73. The summed E-state index contributed by atoms with van der Waals surface area (Å²) >= 11 is 0. The summed E-state index contributed by atoms with van der Waals surface area (Å²) in [5.41, 5.74) is 4.06. The lowest BCUT2D eigenvalue weighted by molar-refractivity contribution is -0.133. The molecule has 3 unspecified atom stereocenters. The van der Waals surface area contributed by atoms with Crippen LogP contribution in [0.2, 0.25) is 0 Å². The van der Waals surface area contributed by atoms with E-state index in [0.717, 1.165) is 22.4 Å². The Balaban J connectivity index is 1.46. The first kappa shape index (κ1) is 30.4. The molecule has 0 bridgehead atoms. The number of ether oxygens (including phenoxy) is 1. The number of hydrogen-bond acceptors (Lipinski definition) is 5. The Labute approximate surface area is 240 Å². The van der Waals surface area contributed by atoms with Gasteiger partial charge in [0.1, 0.15) is 25.1 Å². The maximum Gasteiger partial charge on any atom is 0.246 e. The highest BCUT2D eigenvalue weighted by atomic mass is 19.1. The Bertz CT molecular complexity index is 1240. The molecule has 1 aromatic carbocycles. The SMILES string of the molecule is CCC(C)C(NC(=O)COCCF)C(=O)N[C@H]1CCc2ccn3c2C1C(=O)C[C@H](C(=O)NCc1ccc(C)cc1)C3. The normalized spacial score (nSPS) is 21.3. The molecule has 1 aliphatic carbocycles. The van der Waals surface area contributed by atoms with Crippen molar-refractivity contribution in [3.63, 3.8) is 0 Å². The summed E-state index contributed by atoms with van der Waals surface area (Å²) < 4.78 is 19.3. The molecular formula is C31H41FN4O5. The Hall–Kier alpha value is -3.53. The van der Waals surface area contributed by atoms with Crippen LogP contribution in [0.1, 0.15) is 61.4 Å². The molecule has 10 heteroatoms. The van der Waals surface area contributed by atoms with Crippen molar-refractivity contribution < 1.29 is 28.3 Å². The molecule has 2 aliphatic rings. The Morgan fingerprint density at radius 3 is 2.63 bits per heavy atom. The largest absolute Gasteiger partial charge is 0.369 e. The average Bonchev–Trinajstić information content (AvgIpc) is 3.29. The number of nitrogens with one attached hydrogen (secondary N) is 3. The Morgan fingerprint density at radius 1 is 1.17 bits per heavy atom. The number of Topliss-reactive ketones (excluding diaryl/α,β-unsaturated/α-hetero) is 1. The molecule has 0 saturated carbocycles. The minimum Gasteiger partial charge on any atom is -0.369 e. The number of ketones is 1. The summed E-state index contributed by atoms with van der Waals surface area (Å²) in [4.78, 5) is 52.8. The number of aryl methyl sites for hydroxylation is 2. The Kier molecular flexibility index (Phi) is 10.3. The predicted molar refractivity (Wildman–Crippen MR) is 152 cm³/mol. The second kappa shape index (κ2) is 13.9. The maximum atomic E-state index is 13.7. The number of carbonyl (C=O) groups is 4. The lowest BCUT2D eigenvalue weighted by Crippen LogP contribution is -2.55. The van der Waals surface area contributed by atoms with Crippen molar-refractivity contribution >= 4 is 23.5 Å². The maximum absolute atomic E-state index is 13.7. The summed E-state index contributed by atoms with van der Waals surface area (Å²) in [5.74, 6) is -2.38. The number of alkyl halides is 1. The van der Waals surface area contributed by atoms with Crippen LogP contribution < -0.4 is 16.0 Å². The molecule has 0 radical (unpaired) electrons. The molecule has 2 aromatic rings. The fourth-order valence-corrected chi connectivity index (χ4v) is 5.78. The molecule has 41 heavy (non-hydrogen) atoms. The van der Waals surface area contributed by atoms with Crippen LogP contribution in [-0.4, -0.2) is 60.0 Å². The van der Waals surface area contributed by atoms with Gasteiger partial charge in [-0.05, 0) is 42.9 Å². The third-order valence-electron chi connectivity index (χ3n) is 8.28. The molecule has 9 nitrogen and oxygen atoms in total. The van der Waals surface area contributed by atoms with Crippen LogP contribution in [-0.2, 0) is 43.4 Å². The van der Waals surface area contributed by atoms with Crippen LogP contribution in [0.5, 0.6) is 0 Å². The van der Waals surface area contributed by atoms with Gasteiger partial charge in [0.15, 0.2) is 0 Å². The Morgan fingerprint density at radius 2 is 1.93 bits per heavy atom. The van der Waals surface area contributed by atoms with Gasteiger partial charge in [-0.3, -0.25) is 19.2 Å². The van der Waals surface area contributed by atoms with E-state index in [9.17, 15) is 23.6 Å². The van der Waals surface area contributed by atoms with Gasteiger partial charge >= 0.3 is 0 Å². The van der Waals surface area contributed by atoms with Crippen molar-refractivity contribution in [2.75, 3.05) is 19.9 Å². The van der Waals surface area contributed by atoms with Crippen molar-refractivity contribution in [2.45, 2.75) is 77.5 Å². The lowest BCUT2D eigenvalue weighted by Gasteiger charge is -2.34. The smallest absolute Gasteiger partial charge is 0.246 e. The van der Waals surface area contributed by atoms with E-state index in [4.69, 9.17) is 4.74 Å². The van der Waals surface area contributed by atoms with Gasteiger partial charge in [-0.15, -0.1) is 0 Å². The molecule has 2 heterocycles.